The van der Waals surface area contributed by atoms with E-state index in [9.17, 15) is 4.79 Å². The molecule has 1 aliphatic heterocycles. The smallest absolute Gasteiger partial charge is 0.281 e. The van der Waals surface area contributed by atoms with Crippen molar-refractivity contribution in [3.8, 4) is 0 Å². The Labute approximate surface area is 110 Å². The van der Waals surface area contributed by atoms with Crippen LogP contribution in [0.15, 0.2) is 0 Å². The van der Waals surface area contributed by atoms with Crippen LogP contribution in [0, 0.1) is 6.92 Å². The second-order valence-electron chi connectivity index (χ2n) is 4.77. The molecule has 0 aliphatic carbocycles. The lowest BCUT2D eigenvalue weighted by molar-refractivity contribution is -0.907. The molecule has 1 unspecified atom stereocenters. The molecule has 1 saturated heterocycles. The molecule has 2 heterocycles. The van der Waals surface area contributed by atoms with E-state index in [1.165, 1.54) is 16.2 Å². The molecule has 1 fully saturated rings. The Morgan fingerprint density at radius 1 is 1.44 bits per heavy atom. The van der Waals surface area contributed by atoms with Crippen molar-refractivity contribution >= 4 is 22.4 Å². The van der Waals surface area contributed by atoms with Gasteiger partial charge in [0.2, 0.25) is 5.13 Å². The van der Waals surface area contributed by atoms with Crippen molar-refractivity contribution < 1.29 is 14.4 Å². The quantitative estimate of drug-likeness (QED) is 0.776. The van der Waals surface area contributed by atoms with Crippen molar-refractivity contribution in [2.75, 3.05) is 25.0 Å². The van der Waals surface area contributed by atoms with Crippen molar-refractivity contribution in [3.63, 3.8) is 0 Å². The molecule has 0 saturated carbocycles. The maximum Gasteiger partial charge on any atom is 0.281 e. The summed E-state index contributed by atoms with van der Waals surface area (Å²) in [6, 6.07) is 0. The number of anilines is 1. The van der Waals surface area contributed by atoms with Gasteiger partial charge in [-0.2, -0.15) is 0 Å². The van der Waals surface area contributed by atoms with Gasteiger partial charge in [0.1, 0.15) is 30.3 Å². The van der Waals surface area contributed by atoms with E-state index in [1.54, 1.807) is 0 Å². The van der Waals surface area contributed by atoms with Gasteiger partial charge in [0.25, 0.3) is 5.91 Å². The predicted molar refractivity (Wildman–Crippen MR) is 68.8 cm³/mol. The van der Waals surface area contributed by atoms with Crippen LogP contribution in [-0.4, -0.2) is 47.9 Å². The number of amides is 1. The zero-order valence-electron chi connectivity index (χ0n) is 10.9. The summed E-state index contributed by atoms with van der Waals surface area (Å²) in [6.07, 6.45) is 0.417. The molecule has 1 aliphatic rings. The highest BCUT2D eigenvalue weighted by Crippen LogP contribution is 2.12. The molecule has 1 aromatic rings. The monoisotopic (exact) mass is 271 g/mol. The zero-order chi connectivity index (χ0) is 13.1. The molecule has 0 aromatic carbocycles. The van der Waals surface area contributed by atoms with Gasteiger partial charge in [0, 0.05) is 0 Å². The third-order valence-corrected chi connectivity index (χ3v) is 3.55. The van der Waals surface area contributed by atoms with Crippen LogP contribution in [0.1, 0.15) is 18.9 Å². The number of quaternary nitrogens is 1. The lowest BCUT2D eigenvalue weighted by Crippen LogP contribution is -3.16. The van der Waals surface area contributed by atoms with Crippen molar-refractivity contribution in [2.24, 2.45) is 0 Å². The molecule has 2 rings (SSSR count). The van der Waals surface area contributed by atoms with Crippen LogP contribution >= 0.6 is 11.3 Å². The molecule has 0 spiro atoms. The topological polar surface area (TPSA) is 68.5 Å². The fourth-order valence-electron chi connectivity index (χ4n) is 2.27. The molecule has 7 heteroatoms. The van der Waals surface area contributed by atoms with E-state index >= 15 is 0 Å². The summed E-state index contributed by atoms with van der Waals surface area (Å²) in [5.74, 6) is -0.0116. The average Bonchev–Trinajstić information content (AvgIpc) is 2.61. The molecule has 18 heavy (non-hydrogen) atoms. The zero-order valence-corrected chi connectivity index (χ0v) is 11.7. The van der Waals surface area contributed by atoms with E-state index < -0.39 is 0 Å². The second-order valence-corrected chi connectivity index (χ2v) is 5.95. The number of morpholine rings is 1. The molecule has 6 nitrogen and oxygen atoms in total. The maximum absolute atomic E-state index is 11.9. The molecule has 1 aromatic heterocycles. The maximum atomic E-state index is 11.9. The van der Waals surface area contributed by atoms with Gasteiger partial charge in [-0.05, 0) is 20.8 Å². The molecule has 3 atom stereocenters. The second kappa shape index (κ2) is 5.73. The minimum Gasteiger partial charge on any atom is -0.364 e. The summed E-state index contributed by atoms with van der Waals surface area (Å²) in [6.45, 7) is 8.14. The first kappa shape index (κ1) is 13.4. The number of aromatic nitrogens is 2. The summed E-state index contributed by atoms with van der Waals surface area (Å²) in [4.78, 5) is 13.1. The lowest BCUT2D eigenvalue weighted by Gasteiger charge is -2.31. The minimum absolute atomic E-state index is 0.0116. The van der Waals surface area contributed by atoms with Crippen LogP contribution in [0.5, 0.6) is 0 Å². The Hall–Kier alpha value is -1.05. The molecule has 1 amide bonds. The van der Waals surface area contributed by atoms with Gasteiger partial charge in [-0.3, -0.25) is 10.1 Å². The molecule has 2 N–H and O–H groups in total. The van der Waals surface area contributed by atoms with Crippen molar-refractivity contribution in [2.45, 2.75) is 33.0 Å². The van der Waals surface area contributed by atoms with E-state index in [0.717, 1.165) is 18.1 Å². The number of carbonyl (C=O) groups is 1. The van der Waals surface area contributed by atoms with Crippen molar-refractivity contribution in [1.29, 1.82) is 0 Å². The average molecular weight is 271 g/mol. The summed E-state index contributed by atoms with van der Waals surface area (Å²) < 4.78 is 5.65. The van der Waals surface area contributed by atoms with E-state index in [-0.39, 0.29) is 18.1 Å². The van der Waals surface area contributed by atoms with Crippen LogP contribution < -0.4 is 10.2 Å². The number of aryl methyl sites for hydroxylation is 1. The Morgan fingerprint density at radius 3 is 2.67 bits per heavy atom. The highest BCUT2D eigenvalue weighted by molar-refractivity contribution is 7.15. The minimum atomic E-state index is -0.0116. The number of hydrogen-bond acceptors (Lipinski definition) is 5. The fourth-order valence-corrected chi connectivity index (χ4v) is 2.88. The lowest BCUT2D eigenvalue weighted by atomic mass is 10.2. The number of carbonyl (C=O) groups excluding carboxylic acids is 1. The van der Waals surface area contributed by atoms with Crippen LogP contribution in [0.2, 0.25) is 0 Å². The van der Waals surface area contributed by atoms with Gasteiger partial charge < -0.3 is 9.64 Å². The largest absolute Gasteiger partial charge is 0.364 e. The van der Waals surface area contributed by atoms with Gasteiger partial charge in [-0.15, -0.1) is 10.2 Å². The number of nitrogens with one attached hydrogen (secondary N) is 2. The van der Waals surface area contributed by atoms with Crippen LogP contribution in [0.4, 0.5) is 5.13 Å². The standard InChI is InChI=1S/C11H18N4O2S/c1-7-4-15(5-8(2)17-7)6-10(16)12-11-14-13-9(3)18-11/h7-8H,4-6H2,1-3H3,(H,12,14,16)/p+1/t7-,8+. The van der Waals surface area contributed by atoms with E-state index in [4.69, 9.17) is 4.74 Å². The number of ether oxygens (including phenoxy) is 1. The summed E-state index contributed by atoms with van der Waals surface area (Å²) >= 11 is 1.39. The van der Waals surface area contributed by atoms with E-state index in [2.05, 4.69) is 15.5 Å². The highest BCUT2D eigenvalue weighted by atomic mass is 32.1. The first-order valence-corrected chi connectivity index (χ1v) is 6.93. The SMILES string of the molecule is Cc1nnc(NC(=O)C[NH+]2C[C@@H](C)O[C@@H](C)C2)s1. The first-order chi connectivity index (χ1) is 8.52. The number of nitrogens with zero attached hydrogens (tertiary/aromatic N) is 2. The number of hydrogen-bond donors (Lipinski definition) is 2. The third-order valence-electron chi connectivity index (χ3n) is 2.80. The first-order valence-electron chi connectivity index (χ1n) is 6.12. The van der Waals surface area contributed by atoms with Gasteiger partial charge >= 0.3 is 0 Å². The van der Waals surface area contributed by atoms with Gasteiger partial charge in [-0.1, -0.05) is 11.3 Å². The van der Waals surface area contributed by atoms with Crippen LogP contribution in [0.3, 0.4) is 0 Å². The Kier molecular flexibility index (Phi) is 4.26. The highest BCUT2D eigenvalue weighted by Gasteiger charge is 2.27. The van der Waals surface area contributed by atoms with E-state index in [0.29, 0.717) is 11.7 Å². The third kappa shape index (κ3) is 3.72. The van der Waals surface area contributed by atoms with E-state index in [1.807, 2.05) is 20.8 Å². The van der Waals surface area contributed by atoms with Gasteiger partial charge in [-0.25, -0.2) is 0 Å². The fraction of sp³-hybridized carbons (Fsp3) is 0.727. The molecule has 0 radical (unpaired) electrons. The molecular weight excluding hydrogens is 252 g/mol. The Morgan fingerprint density at radius 2 is 2.11 bits per heavy atom. The predicted octanol–water partition coefficient (Wildman–Crippen LogP) is -0.523. The summed E-state index contributed by atoms with van der Waals surface area (Å²) in [5.41, 5.74) is 0. The van der Waals surface area contributed by atoms with Gasteiger partial charge in [0.05, 0.1) is 0 Å². The molecule has 0 bridgehead atoms. The number of rotatable bonds is 3. The van der Waals surface area contributed by atoms with Crippen LogP contribution in [0.25, 0.3) is 0 Å². The van der Waals surface area contributed by atoms with Gasteiger partial charge in [0.15, 0.2) is 6.54 Å². The molecular formula is C11H19N4O2S+. The molecule has 100 valence electrons. The Balaban J connectivity index is 1.83. The van der Waals surface area contributed by atoms with Crippen LogP contribution in [-0.2, 0) is 9.53 Å². The van der Waals surface area contributed by atoms with Crippen molar-refractivity contribution in [1.82, 2.24) is 10.2 Å². The normalized spacial score (nSPS) is 28.1. The summed E-state index contributed by atoms with van der Waals surface area (Å²) in [5, 5.41) is 12.0. The summed E-state index contributed by atoms with van der Waals surface area (Å²) in [7, 11) is 0. The van der Waals surface area contributed by atoms with Crippen molar-refractivity contribution in [3.05, 3.63) is 5.01 Å². The Bertz CT molecular complexity index is 413.